The van der Waals surface area contributed by atoms with Crippen molar-refractivity contribution in [2.24, 2.45) is 5.10 Å². The molecule has 0 aliphatic rings. The number of pyridine rings is 1. The number of thioether (sulfide) groups is 1. The third kappa shape index (κ3) is 4.96. The lowest BCUT2D eigenvalue weighted by Crippen LogP contribution is -2.19. The molecule has 8 heteroatoms. The molecule has 0 fully saturated rings. The molecule has 0 spiro atoms. The molecule has 0 saturated heterocycles. The van der Waals surface area contributed by atoms with E-state index in [0.717, 1.165) is 31.9 Å². The number of hydrogen-bond acceptors (Lipinski definition) is 7. The quantitative estimate of drug-likeness (QED) is 0.399. The number of amides is 1. The van der Waals surface area contributed by atoms with Crippen LogP contribution in [0.2, 0.25) is 0 Å². The predicted octanol–water partition coefficient (Wildman–Crippen LogP) is 3.69. The molecule has 0 aliphatic heterocycles. The molecule has 26 heavy (non-hydrogen) atoms. The third-order valence-electron chi connectivity index (χ3n) is 3.51. The lowest BCUT2D eigenvalue weighted by Gasteiger charge is -2.04. The summed E-state index contributed by atoms with van der Waals surface area (Å²) in [5, 5.41) is 13.2. The molecule has 3 rings (SSSR count). The number of benzene rings is 1. The van der Waals surface area contributed by atoms with E-state index in [1.165, 1.54) is 0 Å². The number of carbonyl (C=O) groups excluding carboxylic acids is 1. The zero-order valence-corrected chi connectivity index (χ0v) is 16.0. The number of rotatable bonds is 6. The summed E-state index contributed by atoms with van der Waals surface area (Å²) in [5.74, 6) is 0.549. The van der Waals surface area contributed by atoms with Crippen molar-refractivity contribution in [1.82, 2.24) is 20.6 Å². The molecular formula is C18H17N5OS2. The Morgan fingerprint density at radius 3 is 2.50 bits per heavy atom. The van der Waals surface area contributed by atoms with Gasteiger partial charge in [-0.25, -0.2) is 5.43 Å². The Balaban J connectivity index is 1.56. The molecule has 1 N–H and O–H groups in total. The van der Waals surface area contributed by atoms with E-state index >= 15 is 0 Å². The second-order valence-electron chi connectivity index (χ2n) is 5.45. The fraction of sp³-hybridized carbons (Fsp3) is 0.167. The van der Waals surface area contributed by atoms with Crippen LogP contribution in [0.3, 0.4) is 0 Å². The maximum Gasteiger partial charge on any atom is 0.271 e. The molecule has 2 heterocycles. The first-order valence-corrected chi connectivity index (χ1v) is 9.69. The van der Waals surface area contributed by atoms with Crippen LogP contribution in [0, 0.1) is 6.92 Å². The number of nitrogens with zero attached hydrogens (tertiary/aromatic N) is 4. The van der Waals surface area contributed by atoms with Gasteiger partial charge in [0.05, 0.1) is 5.71 Å². The van der Waals surface area contributed by atoms with Crippen molar-refractivity contribution >= 4 is 34.7 Å². The molecule has 3 aromatic rings. The van der Waals surface area contributed by atoms with Gasteiger partial charge in [0.2, 0.25) is 0 Å². The molecule has 132 valence electrons. The van der Waals surface area contributed by atoms with Crippen LogP contribution >= 0.6 is 23.1 Å². The Labute approximate surface area is 159 Å². The average molecular weight is 384 g/mol. The zero-order chi connectivity index (χ0) is 18.4. The Morgan fingerprint density at radius 2 is 1.85 bits per heavy atom. The van der Waals surface area contributed by atoms with Gasteiger partial charge in [-0.3, -0.25) is 9.78 Å². The van der Waals surface area contributed by atoms with Gasteiger partial charge in [-0.1, -0.05) is 35.2 Å². The molecule has 0 saturated carbocycles. The van der Waals surface area contributed by atoms with E-state index < -0.39 is 0 Å². The summed E-state index contributed by atoms with van der Waals surface area (Å²) in [6.45, 7) is 3.78. The second kappa shape index (κ2) is 8.68. The summed E-state index contributed by atoms with van der Waals surface area (Å²) in [6, 6.07) is 11.2. The van der Waals surface area contributed by atoms with E-state index in [4.69, 9.17) is 0 Å². The lowest BCUT2D eigenvalue weighted by molar-refractivity contribution is 0.0955. The average Bonchev–Trinajstić information content (AvgIpc) is 3.10. The van der Waals surface area contributed by atoms with Gasteiger partial charge < -0.3 is 0 Å². The van der Waals surface area contributed by atoms with Crippen molar-refractivity contribution < 1.29 is 4.79 Å². The van der Waals surface area contributed by atoms with Gasteiger partial charge in [-0.15, -0.1) is 10.2 Å². The SMILES string of the molecule is C/C(=N\NC(=O)c1ccc(CSc2nnc(C)s2)cc1)c1ccncc1. The van der Waals surface area contributed by atoms with Crippen molar-refractivity contribution in [3.8, 4) is 0 Å². The Kier molecular flexibility index (Phi) is 6.08. The molecule has 0 radical (unpaired) electrons. The number of nitrogens with one attached hydrogen (secondary N) is 1. The van der Waals surface area contributed by atoms with Crippen molar-refractivity contribution in [2.75, 3.05) is 0 Å². The molecule has 0 atom stereocenters. The molecule has 0 aliphatic carbocycles. The second-order valence-corrected chi connectivity index (χ2v) is 7.85. The fourth-order valence-corrected chi connectivity index (χ4v) is 3.86. The van der Waals surface area contributed by atoms with E-state index in [0.29, 0.717) is 5.56 Å². The van der Waals surface area contributed by atoms with Crippen LogP contribution in [0.4, 0.5) is 0 Å². The highest BCUT2D eigenvalue weighted by Crippen LogP contribution is 2.25. The summed E-state index contributed by atoms with van der Waals surface area (Å²) in [4.78, 5) is 16.2. The van der Waals surface area contributed by atoms with E-state index in [2.05, 4.69) is 25.7 Å². The fourth-order valence-electron chi connectivity index (χ4n) is 2.09. The molecule has 6 nitrogen and oxygen atoms in total. The number of hydrazone groups is 1. The van der Waals surface area contributed by atoms with Crippen LogP contribution in [0.15, 0.2) is 58.2 Å². The number of hydrogen-bond donors (Lipinski definition) is 1. The monoisotopic (exact) mass is 383 g/mol. The maximum atomic E-state index is 12.2. The Bertz CT molecular complexity index is 907. The highest BCUT2D eigenvalue weighted by molar-refractivity contribution is 8.00. The Hall–Kier alpha value is -2.58. The van der Waals surface area contributed by atoms with Crippen LogP contribution in [0.25, 0.3) is 0 Å². The smallest absolute Gasteiger partial charge is 0.267 e. The molecule has 1 aromatic carbocycles. The number of aryl methyl sites for hydroxylation is 1. The van der Waals surface area contributed by atoms with Crippen molar-refractivity contribution in [2.45, 2.75) is 23.9 Å². The van der Waals surface area contributed by atoms with Crippen LogP contribution in [0.5, 0.6) is 0 Å². The minimum atomic E-state index is -0.239. The van der Waals surface area contributed by atoms with Crippen molar-refractivity contribution in [1.29, 1.82) is 0 Å². The van der Waals surface area contributed by atoms with E-state index in [1.807, 2.05) is 38.1 Å². The molecule has 0 unspecified atom stereocenters. The lowest BCUT2D eigenvalue weighted by atomic mass is 10.1. The Morgan fingerprint density at radius 1 is 1.12 bits per heavy atom. The minimum Gasteiger partial charge on any atom is -0.267 e. The normalized spacial score (nSPS) is 11.4. The van der Waals surface area contributed by atoms with Crippen LogP contribution in [-0.4, -0.2) is 26.8 Å². The van der Waals surface area contributed by atoms with Crippen LogP contribution in [-0.2, 0) is 5.75 Å². The molecular weight excluding hydrogens is 366 g/mol. The van der Waals surface area contributed by atoms with E-state index in [-0.39, 0.29) is 5.91 Å². The zero-order valence-electron chi connectivity index (χ0n) is 14.3. The number of aromatic nitrogens is 3. The van der Waals surface area contributed by atoms with Crippen molar-refractivity contribution in [3.63, 3.8) is 0 Å². The van der Waals surface area contributed by atoms with E-state index in [9.17, 15) is 4.79 Å². The van der Waals surface area contributed by atoms with Gasteiger partial charge in [0, 0.05) is 29.3 Å². The van der Waals surface area contributed by atoms with Gasteiger partial charge in [0.25, 0.3) is 5.91 Å². The molecule has 0 bridgehead atoms. The summed E-state index contributed by atoms with van der Waals surface area (Å²) in [6.07, 6.45) is 3.38. The van der Waals surface area contributed by atoms with E-state index in [1.54, 1.807) is 47.6 Å². The van der Waals surface area contributed by atoms with Crippen LogP contribution < -0.4 is 5.43 Å². The first-order valence-electron chi connectivity index (χ1n) is 7.88. The van der Waals surface area contributed by atoms with Crippen LogP contribution in [0.1, 0.15) is 33.4 Å². The first-order chi connectivity index (χ1) is 12.6. The topological polar surface area (TPSA) is 80.1 Å². The largest absolute Gasteiger partial charge is 0.271 e. The first kappa shape index (κ1) is 18.2. The summed E-state index contributed by atoms with van der Waals surface area (Å²) in [7, 11) is 0. The number of carbonyl (C=O) groups is 1. The van der Waals surface area contributed by atoms with Gasteiger partial charge in [0.1, 0.15) is 5.01 Å². The highest BCUT2D eigenvalue weighted by Gasteiger charge is 2.06. The summed E-state index contributed by atoms with van der Waals surface area (Å²) >= 11 is 3.22. The molecule has 1 amide bonds. The van der Waals surface area contributed by atoms with Crippen molar-refractivity contribution in [3.05, 3.63) is 70.5 Å². The third-order valence-corrected chi connectivity index (χ3v) is 5.55. The van der Waals surface area contributed by atoms with Gasteiger partial charge >= 0.3 is 0 Å². The standard InChI is InChI=1S/C18H17N5OS2/c1-12(15-7-9-19-10-8-15)20-22-17(24)16-5-3-14(4-6-16)11-25-18-23-21-13(2)26-18/h3-10H,11H2,1-2H3,(H,22,24)/b20-12+. The van der Waals surface area contributed by atoms with Gasteiger partial charge in [-0.2, -0.15) is 5.10 Å². The maximum absolute atomic E-state index is 12.2. The summed E-state index contributed by atoms with van der Waals surface area (Å²) in [5.41, 5.74) is 5.91. The van der Waals surface area contributed by atoms with Gasteiger partial charge in [0.15, 0.2) is 4.34 Å². The predicted molar refractivity (Wildman–Crippen MR) is 105 cm³/mol. The van der Waals surface area contributed by atoms with Gasteiger partial charge in [-0.05, 0) is 43.7 Å². The highest BCUT2D eigenvalue weighted by atomic mass is 32.2. The molecule has 2 aromatic heterocycles. The summed E-state index contributed by atoms with van der Waals surface area (Å²) < 4.78 is 0.949. The minimum absolute atomic E-state index is 0.239.